The molecule has 0 saturated carbocycles. The third kappa shape index (κ3) is 16.3. The van der Waals surface area contributed by atoms with Gasteiger partial charge in [-0.15, -0.1) is 0 Å². The van der Waals surface area contributed by atoms with Crippen molar-refractivity contribution in [3.8, 4) is 0 Å². The number of hydrogen-bond donors (Lipinski definition) is 1. The smallest absolute Gasteiger partial charge is 0.00555 e. The Hall–Kier alpha value is 0.310. The van der Waals surface area contributed by atoms with Gasteiger partial charge in [0.05, 0.1) is 0 Å². The fraction of sp³-hybridized carbons (Fsp3) is 1.00. The van der Waals surface area contributed by atoms with Crippen LogP contribution in [0.1, 0.15) is 77.6 Å². The molecule has 0 amide bonds. The molecule has 0 aromatic heterocycles. The lowest BCUT2D eigenvalue weighted by Gasteiger charge is -2.02. The van der Waals surface area contributed by atoms with Crippen LogP contribution in [0.2, 0.25) is 0 Å². The van der Waals surface area contributed by atoms with Crippen LogP contribution in [0.5, 0.6) is 0 Å². The first-order valence-electron chi connectivity index (χ1n) is 7.69. The molecule has 0 aliphatic heterocycles. The van der Waals surface area contributed by atoms with E-state index in [9.17, 15) is 0 Å². The van der Waals surface area contributed by atoms with E-state index in [0.29, 0.717) is 0 Å². The van der Waals surface area contributed by atoms with Crippen molar-refractivity contribution < 1.29 is 0 Å². The molecule has 17 heavy (non-hydrogen) atoms. The van der Waals surface area contributed by atoms with Crippen LogP contribution in [0.15, 0.2) is 0 Å². The van der Waals surface area contributed by atoms with E-state index in [2.05, 4.69) is 18.7 Å². The zero-order chi connectivity index (χ0) is 12.6. The molecular weight excluding hydrogens is 226 g/mol. The molecule has 0 aliphatic carbocycles. The van der Waals surface area contributed by atoms with Crippen molar-refractivity contribution in [2.45, 2.75) is 77.6 Å². The molecule has 104 valence electrons. The molecule has 2 heteroatoms. The number of thioether (sulfide) groups is 1. The van der Waals surface area contributed by atoms with Crippen LogP contribution in [-0.2, 0) is 0 Å². The van der Waals surface area contributed by atoms with Crippen LogP contribution in [-0.4, -0.2) is 18.1 Å². The standard InChI is InChI=1S/C15H33NS/c1-2-3-4-5-6-7-8-9-10-11-14-17-15-12-13-16/h2-16H2,1H3. The van der Waals surface area contributed by atoms with Crippen molar-refractivity contribution >= 4 is 11.8 Å². The van der Waals surface area contributed by atoms with Gasteiger partial charge >= 0.3 is 0 Å². The molecule has 0 bridgehead atoms. The van der Waals surface area contributed by atoms with Crippen molar-refractivity contribution in [3.63, 3.8) is 0 Å². The van der Waals surface area contributed by atoms with Gasteiger partial charge in [0, 0.05) is 0 Å². The summed E-state index contributed by atoms with van der Waals surface area (Å²) in [6, 6.07) is 0. The van der Waals surface area contributed by atoms with Crippen LogP contribution in [0.25, 0.3) is 0 Å². The van der Waals surface area contributed by atoms with Crippen molar-refractivity contribution in [2.75, 3.05) is 18.1 Å². The maximum Gasteiger partial charge on any atom is -0.00555 e. The molecular formula is C15H33NS. The Morgan fingerprint density at radius 1 is 0.647 bits per heavy atom. The number of nitrogens with two attached hydrogens (primary N) is 1. The van der Waals surface area contributed by atoms with Gasteiger partial charge in [-0.1, -0.05) is 64.7 Å². The topological polar surface area (TPSA) is 26.0 Å². The Bertz CT molecular complexity index is 114. The Morgan fingerprint density at radius 2 is 1.12 bits per heavy atom. The molecule has 0 unspecified atom stereocenters. The minimum atomic E-state index is 0.852. The number of hydrogen-bond acceptors (Lipinski definition) is 2. The zero-order valence-corrected chi connectivity index (χ0v) is 12.7. The van der Waals surface area contributed by atoms with Gasteiger partial charge in [0.1, 0.15) is 0 Å². The van der Waals surface area contributed by atoms with Crippen molar-refractivity contribution in [1.82, 2.24) is 0 Å². The molecule has 0 atom stereocenters. The normalized spacial score (nSPS) is 10.9. The van der Waals surface area contributed by atoms with E-state index in [0.717, 1.165) is 6.54 Å². The van der Waals surface area contributed by atoms with Crippen molar-refractivity contribution in [2.24, 2.45) is 5.73 Å². The van der Waals surface area contributed by atoms with Gasteiger partial charge in [-0.25, -0.2) is 0 Å². The molecule has 0 spiro atoms. The lowest BCUT2D eigenvalue weighted by molar-refractivity contribution is 0.563. The van der Waals surface area contributed by atoms with Crippen LogP contribution >= 0.6 is 11.8 Å². The Kier molecular flexibility index (Phi) is 16.6. The molecule has 0 radical (unpaired) electrons. The first-order chi connectivity index (χ1) is 8.41. The molecule has 0 heterocycles. The second-order valence-corrected chi connectivity index (χ2v) is 6.16. The van der Waals surface area contributed by atoms with E-state index in [1.165, 1.54) is 82.1 Å². The van der Waals surface area contributed by atoms with Crippen LogP contribution in [0, 0.1) is 0 Å². The molecule has 0 aliphatic rings. The fourth-order valence-electron chi connectivity index (χ4n) is 1.98. The fourth-order valence-corrected chi connectivity index (χ4v) is 2.96. The Labute approximate surface area is 113 Å². The van der Waals surface area contributed by atoms with E-state index < -0.39 is 0 Å². The zero-order valence-electron chi connectivity index (χ0n) is 11.9. The van der Waals surface area contributed by atoms with E-state index in [4.69, 9.17) is 5.73 Å². The molecule has 0 aromatic rings. The van der Waals surface area contributed by atoms with E-state index in [-0.39, 0.29) is 0 Å². The molecule has 0 fully saturated rings. The minimum Gasteiger partial charge on any atom is -0.330 e. The highest BCUT2D eigenvalue weighted by Gasteiger charge is 1.93. The number of unbranched alkanes of at least 4 members (excludes halogenated alkanes) is 9. The number of rotatable bonds is 14. The first kappa shape index (κ1) is 17.3. The molecule has 0 rings (SSSR count). The molecule has 1 nitrogen and oxygen atoms in total. The summed E-state index contributed by atoms with van der Waals surface area (Å²) in [5, 5.41) is 0. The van der Waals surface area contributed by atoms with Gasteiger partial charge in [0.2, 0.25) is 0 Å². The average Bonchev–Trinajstić information content (AvgIpc) is 2.35. The highest BCUT2D eigenvalue weighted by atomic mass is 32.2. The highest BCUT2D eigenvalue weighted by molar-refractivity contribution is 7.99. The lowest BCUT2D eigenvalue weighted by Crippen LogP contribution is -1.99. The predicted molar refractivity (Wildman–Crippen MR) is 82.8 cm³/mol. The van der Waals surface area contributed by atoms with Gasteiger partial charge in [0.15, 0.2) is 0 Å². The SMILES string of the molecule is CCCCCCCCCCCCSCCCN. The van der Waals surface area contributed by atoms with E-state index >= 15 is 0 Å². The van der Waals surface area contributed by atoms with Gasteiger partial charge in [-0.2, -0.15) is 11.8 Å². The third-order valence-corrected chi connectivity index (χ3v) is 4.29. The van der Waals surface area contributed by atoms with E-state index in [1.807, 2.05) is 0 Å². The second-order valence-electron chi connectivity index (χ2n) is 4.94. The second kappa shape index (κ2) is 16.3. The summed E-state index contributed by atoms with van der Waals surface area (Å²) in [7, 11) is 0. The maximum atomic E-state index is 5.45. The average molecular weight is 260 g/mol. The maximum absolute atomic E-state index is 5.45. The van der Waals surface area contributed by atoms with Crippen molar-refractivity contribution in [1.29, 1.82) is 0 Å². The predicted octanol–water partition coefficient (Wildman–Crippen LogP) is 4.99. The van der Waals surface area contributed by atoms with Gasteiger partial charge < -0.3 is 5.73 Å². The van der Waals surface area contributed by atoms with Crippen LogP contribution in [0.4, 0.5) is 0 Å². The summed E-state index contributed by atoms with van der Waals surface area (Å²) in [6.45, 7) is 3.14. The van der Waals surface area contributed by atoms with Gasteiger partial charge in [-0.05, 0) is 30.9 Å². The highest BCUT2D eigenvalue weighted by Crippen LogP contribution is 2.12. The quantitative estimate of drug-likeness (QED) is 0.445. The molecule has 0 aromatic carbocycles. The van der Waals surface area contributed by atoms with Crippen molar-refractivity contribution in [3.05, 3.63) is 0 Å². The Morgan fingerprint density at radius 3 is 1.65 bits per heavy atom. The lowest BCUT2D eigenvalue weighted by atomic mass is 10.1. The largest absolute Gasteiger partial charge is 0.330 e. The van der Waals surface area contributed by atoms with Gasteiger partial charge in [-0.3, -0.25) is 0 Å². The third-order valence-electron chi connectivity index (χ3n) is 3.14. The minimum absolute atomic E-state index is 0.852. The van der Waals surface area contributed by atoms with Crippen LogP contribution in [0.3, 0.4) is 0 Å². The summed E-state index contributed by atoms with van der Waals surface area (Å²) in [6.07, 6.45) is 15.6. The van der Waals surface area contributed by atoms with Gasteiger partial charge in [0.25, 0.3) is 0 Å². The van der Waals surface area contributed by atoms with E-state index in [1.54, 1.807) is 0 Å². The molecule has 0 saturated heterocycles. The summed E-state index contributed by atoms with van der Waals surface area (Å²) < 4.78 is 0. The summed E-state index contributed by atoms with van der Waals surface area (Å²) in [4.78, 5) is 0. The monoisotopic (exact) mass is 259 g/mol. The summed E-state index contributed by atoms with van der Waals surface area (Å²) >= 11 is 2.08. The van der Waals surface area contributed by atoms with Crippen LogP contribution < -0.4 is 5.73 Å². The summed E-state index contributed by atoms with van der Waals surface area (Å²) in [5.41, 5.74) is 5.45. The Balaban J connectivity index is 2.85. The first-order valence-corrected chi connectivity index (χ1v) is 8.85. The molecule has 2 N–H and O–H groups in total. The summed E-state index contributed by atoms with van der Waals surface area (Å²) in [5.74, 6) is 2.60.